The van der Waals surface area contributed by atoms with Crippen molar-refractivity contribution in [2.45, 2.75) is 26.2 Å². The highest BCUT2D eigenvalue weighted by atomic mass is 32.2. The number of hydrogen-bond acceptors (Lipinski definition) is 8. The summed E-state index contributed by atoms with van der Waals surface area (Å²) in [6, 6.07) is 12.7. The van der Waals surface area contributed by atoms with Gasteiger partial charge in [0.15, 0.2) is 0 Å². The van der Waals surface area contributed by atoms with Gasteiger partial charge in [0, 0.05) is 37.9 Å². The number of ether oxygens (including phenoxy) is 3. The number of hydrogen-bond donors (Lipinski definition) is 1. The molecule has 0 fully saturated rings. The third-order valence-corrected chi connectivity index (χ3v) is 7.47. The molecule has 0 aliphatic carbocycles. The van der Waals surface area contributed by atoms with Crippen LogP contribution in [0.1, 0.15) is 40.1 Å². The minimum absolute atomic E-state index is 0.0195. The third kappa shape index (κ3) is 5.05. The molecule has 10 nitrogen and oxygen atoms in total. The van der Waals surface area contributed by atoms with E-state index < -0.39 is 33.6 Å². The van der Waals surface area contributed by atoms with Gasteiger partial charge in [0.05, 0.1) is 11.9 Å². The number of halogens is 1. The highest BCUT2D eigenvalue weighted by Gasteiger charge is 2.34. The molecule has 1 aromatic heterocycles. The van der Waals surface area contributed by atoms with Crippen LogP contribution in [0.5, 0.6) is 11.5 Å². The maximum absolute atomic E-state index is 13.5. The summed E-state index contributed by atoms with van der Waals surface area (Å²) in [7, 11) is -2.43. The number of anilines is 1. The monoisotopic (exact) mass is 569 g/mol. The zero-order valence-electron chi connectivity index (χ0n) is 21.8. The van der Waals surface area contributed by atoms with Crippen molar-refractivity contribution in [1.82, 2.24) is 0 Å². The van der Waals surface area contributed by atoms with Gasteiger partial charge in [-0.1, -0.05) is 6.07 Å². The fourth-order valence-corrected chi connectivity index (χ4v) is 4.80. The molecule has 1 aliphatic rings. The third-order valence-electron chi connectivity index (χ3n) is 6.28. The summed E-state index contributed by atoms with van der Waals surface area (Å²) in [6.45, 7) is 3.13. The molecule has 0 saturated carbocycles. The maximum Gasteiger partial charge on any atom is 0.345 e. The standard InChI is InChI=1S/C28H24FNO9S/c1-28(2)38-22-11-15(5-10-18(22)27(33)39-28)14-36-23-12-19-21(13-20(23)30(3)40(4,34)35)37-25(24(19)26(31)32)16-6-8-17(29)9-7-16/h5-13H,14H2,1-4H3,(H,31,32). The molecular weight excluding hydrogens is 545 g/mol. The molecule has 2 heterocycles. The van der Waals surface area contributed by atoms with Gasteiger partial charge in [-0.2, -0.15) is 0 Å². The summed E-state index contributed by atoms with van der Waals surface area (Å²) in [5.74, 6) is -3.14. The van der Waals surface area contributed by atoms with Crippen LogP contribution in [-0.2, 0) is 21.4 Å². The van der Waals surface area contributed by atoms with Crippen molar-refractivity contribution in [2.24, 2.45) is 0 Å². The van der Waals surface area contributed by atoms with E-state index in [4.69, 9.17) is 18.6 Å². The Morgan fingerprint density at radius 3 is 2.42 bits per heavy atom. The van der Waals surface area contributed by atoms with Crippen LogP contribution in [0.3, 0.4) is 0 Å². The second-order valence-electron chi connectivity index (χ2n) is 9.68. The summed E-state index contributed by atoms with van der Waals surface area (Å²) in [5, 5.41) is 10.2. The SMILES string of the molecule is CN(c1cc2oc(-c3ccc(F)cc3)c(C(=O)O)c2cc1OCc1ccc2c(c1)OC(C)(C)OC2=O)S(C)(=O)=O. The van der Waals surface area contributed by atoms with Crippen LogP contribution in [0.25, 0.3) is 22.3 Å². The van der Waals surface area contributed by atoms with Gasteiger partial charge in [0.2, 0.25) is 15.8 Å². The molecule has 5 rings (SSSR count). The molecule has 0 unspecified atom stereocenters. The summed E-state index contributed by atoms with van der Waals surface area (Å²) in [4.78, 5) is 24.6. The lowest BCUT2D eigenvalue weighted by molar-refractivity contribution is -0.127. The number of carboxylic acids is 1. The molecule has 0 spiro atoms. The fraction of sp³-hybridized carbons (Fsp3) is 0.214. The van der Waals surface area contributed by atoms with Crippen molar-refractivity contribution in [3.63, 3.8) is 0 Å². The Labute approximate surface area is 228 Å². The predicted octanol–water partition coefficient (Wildman–Crippen LogP) is 5.20. The van der Waals surface area contributed by atoms with Crippen LogP contribution in [-0.4, -0.2) is 44.6 Å². The smallest absolute Gasteiger partial charge is 0.345 e. The second kappa shape index (κ2) is 9.56. The minimum atomic E-state index is -3.76. The number of esters is 1. The topological polar surface area (TPSA) is 133 Å². The van der Waals surface area contributed by atoms with E-state index in [-0.39, 0.29) is 45.9 Å². The van der Waals surface area contributed by atoms with E-state index in [9.17, 15) is 27.5 Å². The van der Waals surface area contributed by atoms with Crippen molar-refractivity contribution in [2.75, 3.05) is 17.6 Å². The van der Waals surface area contributed by atoms with Gasteiger partial charge in [-0.15, -0.1) is 0 Å². The van der Waals surface area contributed by atoms with E-state index in [0.717, 1.165) is 10.6 Å². The summed E-state index contributed by atoms with van der Waals surface area (Å²) < 4.78 is 62.2. The number of carbonyl (C=O) groups is 2. The Morgan fingerprint density at radius 1 is 1.07 bits per heavy atom. The van der Waals surface area contributed by atoms with E-state index in [0.29, 0.717) is 16.9 Å². The number of carbonyl (C=O) groups excluding carboxylic acids is 1. The molecule has 4 aromatic rings. The van der Waals surface area contributed by atoms with Crippen LogP contribution < -0.4 is 13.8 Å². The molecule has 40 heavy (non-hydrogen) atoms. The van der Waals surface area contributed by atoms with Gasteiger partial charge < -0.3 is 23.7 Å². The Morgan fingerprint density at radius 2 is 1.77 bits per heavy atom. The molecule has 3 aromatic carbocycles. The lowest BCUT2D eigenvalue weighted by Crippen LogP contribution is -2.38. The molecular formula is C28H24FNO9S. The fourth-order valence-electron chi connectivity index (χ4n) is 4.30. The van der Waals surface area contributed by atoms with Crippen LogP contribution in [0.15, 0.2) is 59.0 Å². The number of furan rings is 1. The predicted molar refractivity (Wildman–Crippen MR) is 143 cm³/mol. The van der Waals surface area contributed by atoms with E-state index >= 15 is 0 Å². The zero-order chi connectivity index (χ0) is 29.0. The number of sulfonamides is 1. The van der Waals surface area contributed by atoms with Crippen molar-refractivity contribution in [3.8, 4) is 22.8 Å². The number of cyclic esters (lactones) is 1. The molecule has 1 N–H and O–H groups in total. The van der Waals surface area contributed by atoms with Crippen LogP contribution in [0, 0.1) is 5.82 Å². The number of fused-ring (bicyclic) bond motifs is 2. The Hall–Kier alpha value is -4.58. The van der Waals surface area contributed by atoms with Crippen molar-refractivity contribution in [1.29, 1.82) is 0 Å². The zero-order valence-corrected chi connectivity index (χ0v) is 22.7. The van der Waals surface area contributed by atoms with Crippen LogP contribution >= 0.6 is 0 Å². The van der Waals surface area contributed by atoms with Gasteiger partial charge in [-0.05, 0) is 48.0 Å². The van der Waals surface area contributed by atoms with Crippen LogP contribution in [0.4, 0.5) is 10.1 Å². The minimum Gasteiger partial charge on any atom is -0.487 e. The van der Waals surface area contributed by atoms with Gasteiger partial charge in [-0.3, -0.25) is 4.31 Å². The van der Waals surface area contributed by atoms with E-state index in [1.165, 1.54) is 49.5 Å². The Bertz CT molecular complexity index is 1780. The number of carboxylic acid groups (broad SMARTS) is 1. The lowest BCUT2D eigenvalue weighted by Gasteiger charge is -2.31. The summed E-state index contributed by atoms with van der Waals surface area (Å²) in [5.41, 5.74) is 1.17. The van der Waals surface area contributed by atoms with E-state index in [1.807, 2.05) is 0 Å². The van der Waals surface area contributed by atoms with E-state index in [1.54, 1.807) is 26.0 Å². The van der Waals surface area contributed by atoms with Gasteiger partial charge in [0.1, 0.15) is 46.4 Å². The normalized spacial score (nSPS) is 14.3. The molecule has 1 aliphatic heterocycles. The average Bonchev–Trinajstić information content (AvgIpc) is 3.24. The van der Waals surface area contributed by atoms with Crippen molar-refractivity contribution in [3.05, 3.63) is 77.1 Å². The van der Waals surface area contributed by atoms with Crippen molar-refractivity contribution < 1.29 is 46.1 Å². The molecule has 0 atom stereocenters. The van der Waals surface area contributed by atoms with Gasteiger partial charge in [-0.25, -0.2) is 22.4 Å². The largest absolute Gasteiger partial charge is 0.487 e. The Kier molecular flexibility index (Phi) is 6.45. The average molecular weight is 570 g/mol. The quantitative estimate of drug-likeness (QED) is 0.298. The first-order valence-electron chi connectivity index (χ1n) is 12.0. The maximum atomic E-state index is 13.5. The van der Waals surface area contributed by atoms with Gasteiger partial charge in [0.25, 0.3) is 0 Å². The molecule has 0 radical (unpaired) electrons. The number of aromatic carboxylic acids is 1. The molecule has 12 heteroatoms. The van der Waals surface area contributed by atoms with E-state index in [2.05, 4.69) is 0 Å². The second-order valence-corrected chi connectivity index (χ2v) is 11.7. The van der Waals surface area contributed by atoms with Gasteiger partial charge >= 0.3 is 11.9 Å². The Balaban J connectivity index is 1.59. The first-order chi connectivity index (χ1) is 18.7. The molecule has 208 valence electrons. The number of nitrogens with zero attached hydrogens (tertiary/aromatic N) is 1. The molecule has 0 amide bonds. The van der Waals surface area contributed by atoms with Crippen molar-refractivity contribution >= 4 is 38.6 Å². The molecule has 0 bridgehead atoms. The first-order valence-corrected chi connectivity index (χ1v) is 13.8. The summed E-state index contributed by atoms with van der Waals surface area (Å²) >= 11 is 0. The lowest BCUT2D eigenvalue weighted by atomic mass is 10.0. The number of rotatable bonds is 7. The number of benzene rings is 3. The highest BCUT2D eigenvalue weighted by molar-refractivity contribution is 7.92. The first kappa shape index (κ1) is 27.0. The van der Waals surface area contributed by atoms with Crippen LogP contribution in [0.2, 0.25) is 0 Å². The highest BCUT2D eigenvalue weighted by Crippen LogP contribution is 2.41. The summed E-state index contributed by atoms with van der Waals surface area (Å²) in [6.07, 6.45) is 1.01. The molecule has 0 saturated heterocycles.